The molecule has 7 heteroatoms. The first-order chi connectivity index (χ1) is 12.1. The second kappa shape index (κ2) is 6.65. The first-order valence-corrected chi connectivity index (χ1v) is 10.0. The molecule has 0 atom stereocenters. The zero-order chi connectivity index (χ0) is 17.4. The van der Waals surface area contributed by atoms with Crippen molar-refractivity contribution in [2.45, 2.75) is 13.8 Å². The van der Waals surface area contributed by atoms with E-state index in [0.29, 0.717) is 13.1 Å². The Morgan fingerprint density at radius 3 is 2.72 bits per heavy atom. The third-order valence-corrected chi connectivity index (χ3v) is 6.26. The van der Waals surface area contributed by atoms with Crippen LogP contribution in [0.15, 0.2) is 29.6 Å². The molecule has 1 aromatic carbocycles. The minimum atomic E-state index is -0.0159. The van der Waals surface area contributed by atoms with Gasteiger partial charge in [0.25, 0.3) is 0 Å². The largest absolute Gasteiger partial charge is 0.345 e. The second-order valence-corrected chi connectivity index (χ2v) is 8.26. The van der Waals surface area contributed by atoms with Crippen molar-refractivity contribution in [3.63, 3.8) is 0 Å². The van der Waals surface area contributed by atoms with E-state index in [-0.39, 0.29) is 6.03 Å². The number of aromatic nitrogens is 1. The van der Waals surface area contributed by atoms with Crippen LogP contribution in [0.25, 0.3) is 10.2 Å². The van der Waals surface area contributed by atoms with Gasteiger partial charge in [-0.05, 0) is 48.6 Å². The van der Waals surface area contributed by atoms with E-state index in [0.717, 1.165) is 28.7 Å². The summed E-state index contributed by atoms with van der Waals surface area (Å²) in [5.41, 5.74) is 3.60. The molecule has 0 unspecified atom stereocenters. The Kier molecular flexibility index (Phi) is 4.35. The van der Waals surface area contributed by atoms with Crippen LogP contribution in [-0.2, 0) is 0 Å². The molecule has 2 amide bonds. The number of piperazine rings is 1. The van der Waals surface area contributed by atoms with Crippen LogP contribution in [0.3, 0.4) is 0 Å². The molecule has 1 fully saturated rings. The molecule has 1 saturated heterocycles. The number of amides is 2. The molecule has 2 aromatic heterocycles. The lowest BCUT2D eigenvalue weighted by molar-refractivity contribution is 0.208. The van der Waals surface area contributed by atoms with Crippen LogP contribution in [-0.4, -0.2) is 42.1 Å². The number of hydrogen-bond donors (Lipinski definition) is 1. The number of thiazole rings is 1. The molecule has 4 rings (SSSR count). The Morgan fingerprint density at radius 2 is 2.00 bits per heavy atom. The number of nitrogens with zero attached hydrogens (tertiary/aromatic N) is 3. The summed E-state index contributed by atoms with van der Waals surface area (Å²) in [4.78, 5) is 21.3. The number of thiophene rings is 1. The van der Waals surface area contributed by atoms with Gasteiger partial charge in [0.15, 0.2) is 5.13 Å². The second-order valence-electron chi connectivity index (χ2n) is 6.31. The van der Waals surface area contributed by atoms with E-state index < -0.39 is 0 Å². The average molecular weight is 373 g/mol. The molecular formula is C18H20N4OS2. The normalized spacial score (nSPS) is 15.0. The Morgan fingerprint density at radius 1 is 1.20 bits per heavy atom. The number of carbonyl (C=O) groups excluding carboxylic acids is 1. The predicted molar refractivity (Wildman–Crippen MR) is 106 cm³/mol. The standard InChI is InChI=1S/C18H20N4OS2/c1-12-10-13(2)16-14(11-12)25-18(20-16)22-7-5-21(6-8-22)17(23)19-15-4-3-9-24-15/h3-4,9-11H,5-8H2,1-2H3,(H,19,23). The number of aryl methyl sites for hydroxylation is 2. The van der Waals surface area contributed by atoms with E-state index in [4.69, 9.17) is 4.98 Å². The van der Waals surface area contributed by atoms with Crippen molar-refractivity contribution in [3.8, 4) is 0 Å². The molecule has 0 bridgehead atoms. The number of rotatable bonds is 2. The van der Waals surface area contributed by atoms with Gasteiger partial charge in [-0.15, -0.1) is 11.3 Å². The van der Waals surface area contributed by atoms with Gasteiger partial charge in [-0.3, -0.25) is 5.32 Å². The molecule has 0 spiro atoms. The van der Waals surface area contributed by atoms with Crippen molar-refractivity contribution in [1.29, 1.82) is 0 Å². The fourth-order valence-corrected chi connectivity index (χ4v) is 4.93. The SMILES string of the molecule is Cc1cc(C)c2nc(N3CCN(C(=O)Nc4cccs4)CC3)sc2c1. The summed E-state index contributed by atoms with van der Waals surface area (Å²) in [5, 5.41) is 6.87. The fraction of sp³-hybridized carbons (Fsp3) is 0.333. The minimum Gasteiger partial charge on any atom is -0.345 e. The quantitative estimate of drug-likeness (QED) is 0.728. The lowest BCUT2D eigenvalue weighted by Crippen LogP contribution is -2.50. The molecule has 25 heavy (non-hydrogen) atoms. The number of carbonyl (C=O) groups is 1. The van der Waals surface area contributed by atoms with Crippen molar-refractivity contribution in [3.05, 3.63) is 40.8 Å². The Hall–Kier alpha value is -2.12. The third kappa shape index (κ3) is 3.34. The summed E-state index contributed by atoms with van der Waals surface area (Å²) >= 11 is 3.28. The first kappa shape index (κ1) is 16.4. The summed E-state index contributed by atoms with van der Waals surface area (Å²) in [5.74, 6) is 0. The van der Waals surface area contributed by atoms with Gasteiger partial charge in [0, 0.05) is 26.2 Å². The first-order valence-electron chi connectivity index (χ1n) is 8.32. The van der Waals surface area contributed by atoms with Crippen molar-refractivity contribution in [2.75, 3.05) is 36.4 Å². The number of benzene rings is 1. The van der Waals surface area contributed by atoms with Gasteiger partial charge in [-0.1, -0.05) is 17.4 Å². The summed E-state index contributed by atoms with van der Waals surface area (Å²) < 4.78 is 1.24. The maximum atomic E-state index is 12.3. The highest BCUT2D eigenvalue weighted by molar-refractivity contribution is 7.22. The van der Waals surface area contributed by atoms with Crippen LogP contribution in [0.4, 0.5) is 14.9 Å². The Bertz CT molecular complexity index is 895. The van der Waals surface area contributed by atoms with Gasteiger partial charge in [0.05, 0.1) is 15.2 Å². The van der Waals surface area contributed by atoms with E-state index in [9.17, 15) is 4.79 Å². The van der Waals surface area contributed by atoms with Crippen LogP contribution in [0.5, 0.6) is 0 Å². The van der Waals surface area contributed by atoms with Crippen molar-refractivity contribution >= 4 is 49.1 Å². The third-order valence-electron chi connectivity index (χ3n) is 4.41. The van der Waals surface area contributed by atoms with Crippen LogP contribution < -0.4 is 10.2 Å². The topological polar surface area (TPSA) is 48.5 Å². The summed E-state index contributed by atoms with van der Waals surface area (Å²) in [7, 11) is 0. The fourth-order valence-electron chi connectivity index (χ4n) is 3.13. The van der Waals surface area contributed by atoms with Gasteiger partial charge in [-0.2, -0.15) is 0 Å². The molecule has 0 radical (unpaired) electrons. The van der Waals surface area contributed by atoms with Gasteiger partial charge in [0.1, 0.15) is 0 Å². The molecule has 0 saturated carbocycles. The molecule has 3 aromatic rings. The Labute approximate surface area is 154 Å². The van der Waals surface area contributed by atoms with E-state index in [2.05, 4.69) is 36.2 Å². The molecule has 0 aliphatic carbocycles. The zero-order valence-electron chi connectivity index (χ0n) is 14.3. The monoisotopic (exact) mass is 372 g/mol. The number of nitrogens with one attached hydrogen (secondary N) is 1. The zero-order valence-corrected chi connectivity index (χ0v) is 15.9. The van der Waals surface area contributed by atoms with Crippen LogP contribution in [0, 0.1) is 13.8 Å². The van der Waals surface area contributed by atoms with Gasteiger partial charge < -0.3 is 9.80 Å². The maximum absolute atomic E-state index is 12.3. The molecule has 5 nitrogen and oxygen atoms in total. The van der Waals surface area contributed by atoms with Crippen molar-refractivity contribution in [2.24, 2.45) is 0 Å². The number of hydrogen-bond acceptors (Lipinski definition) is 5. The van der Waals surface area contributed by atoms with Crippen LogP contribution >= 0.6 is 22.7 Å². The molecule has 3 heterocycles. The smallest absolute Gasteiger partial charge is 0.322 e. The summed E-state index contributed by atoms with van der Waals surface area (Å²) in [6.07, 6.45) is 0. The lowest BCUT2D eigenvalue weighted by Gasteiger charge is -2.34. The summed E-state index contributed by atoms with van der Waals surface area (Å²) in [6.45, 7) is 7.30. The van der Waals surface area contributed by atoms with Gasteiger partial charge in [0.2, 0.25) is 0 Å². The Balaban J connectivity index is 1.43. The molecule has 130 valence electrons. The van der Waals surface area contributed by atoms with Crippen molar-refractivity contribution in [1.82, 2.24) is 9.88 Å². The number of fused-ring (bicyclic) bond motifs is 1. The van der Waals surface area contributed by atoms with E-state index >= 15 is 0 Å². The summed E-state index contributed by atoms with van der Waals surface area (Å²) in [6, 6.07) is 8.23. The van der Waals surface area contributed by atoms with Gasteiger partial charge in [-0.25, -0.2) is 9.78 Å². The van der Waals surface area contributed by atoms with Crippen LogP contribution in [0.1, 0.15) is 11.1 Å². The molecule has 1 aliphatic rings. The molecule has 1 N–H and O–H groups in total. The molecular weight excluding hydrogens is 352 g/mol. The van der Waals surface area contributed by atoms with Gasteiger partial charge >= 0.3 is 6.03 Å². The maximum Gasteiger partial charge on any atom is 0.322 e. The molecule has 1 aliphatic heterocycles. The number of urea groups is 1. The highest BCUT2D eigenvalue weighted by Crippen LogP contribution is 2.32. The van der Waals surface area contributed by atoms with E-state index in [1.54, 1.807) is 22.7 Å². The number of anilines is 2. The minimum absolute atomic E-state index is 0.0159. The average Bonchev–Trinajstić information content (AvgIpc) is 3.24. The predicted octanol–water partition coefficient (Wildman–Crippen LogP) is 4.33. The van der Waals surface area contributed by atoms with Crippen molar-refractivity contribution < 1.29 is 4.79 Å². The van der Waals surface area contributed by atoms with E-state index in [1.165, 1.54) is 15.8 Å². The van der Waals surface area contributed by atoms with E-state index in [1.807, 2.05) is 22.4 Å². The lowest BCUT2D eigenvalue weighted by atomic mass is 10.1. The highest BCUT2D eigenvalue weighted by Gasteiger charge is 2.23. The highest BCUT2D eigenvalue weighted by atomic mass is 32.1. The van der Waals surface area contributed by atoms with Crippen LogP contribution in [0.2, 0.25) is 0 Å².